The lowest BCUT2D eigenvalue weighted by Gasteiger charge is -2.43. The van der Waals surface area contributed by atoms with Crippen molar-refractivity contribution in [2.24, 2.45) is 5.92 Å². The second-order valence-corrected chi connectivity index (χ2v) is 5.68. The van der Waals surface area contributed by atoms with Gasteiger partial charge in [-0.1, -0.05) is 47.8 Å². The van der Waals surface area contributed by atoms with Crippen molar-refractivity contribution < 1.29 is 0 Å². The molecule has 0 atom stereocenters. The minimum Gasteiger partial charge on any atom is -0.197 e. The van der Waals surface area contributed by atoms with Gasteiger partial charge < -0.3 is 0 Å². The third kappa shape index (κ3) is 2.01. The van der Waals surface area contributed by atoms with Gasteiger partial charge in [-0.15, -0.1) is 0 Å². The normalized spacial score (nSPS) is 28.2. The number of rotatable bonds is 3. The van der Waals surface area contributed by atoms with Gasteiger partial charge >= 0.3 is 0 Å². The Hall–Kier alpha value is -0.810. The molecule has 84 valence electrons. The Kier molecular flexibility index (Phi) is 3.35. The molecule has 1 fully saturated rings. The summed E-state index contributed by atoms with van der Waals surface area (Å²) in [7, 11) is 0. The van der Waals surface area contributed by atoms with Crippen molar-refractivity contribution in [1.82, 2.24) is 0 Å². The second-order valence-electron chi connectivity index (χ2n) is 4.77. The van der Waals surface area contributed by atoms with Crippen molar-refractivity contribution in [1.29, 1.82) is 5.26 Å². The molecule has 0 saturated heterocycles. The van der Waals surface area contributed by atoms with E-state index in [-0.39, 0.29) is 5.41 Å². The lowest BCUT2D eigenvalue weighted by atomic mass is 9.58. The summed E-state index contributed by atoms with van der Waals surface area (Å²) in [6, 6.07) is 10.7. The van der Waals surface area contributed by atoms with E-state index in [0.717, 1.165) is 23.2 Å². The SMILES string of the molecule is CCCC1CC(C#N)(c2cccc(Br)c2)C1. The van der Waals surface area contributed by atoms with Crippen molar-refractivity contribution in [2.75, 3.05) is 0 Å². The first-order valence-corrected chi connectivity index (χ1v) is 6.67. The van der Waals surface area contributed by atoms with Gasteiger partial charge in [-0.25, -0.2) is 0 Å². The first-order chi connectivity index (χ1) is 7.70. The number of hydrogen-bond acceptors (Lipinski definition) is 1. The summed E-state index contributed by atoms with van der Waals surface area (Å²) in [5.41, 5.74) is 0.973. The van der Waals surface area contributed by atoms with Crippen molar-refractivity contribution in [3.8, 4) is 6.07 Å². The van der Waals surface area contributed by atoms with Crippen LogP contribution in [0.4, 0.5) is 0 Å². The molecule has 1 nitrogen and oxygen atoms in total. The average molecular weight is 278 g/mol. The third-order valence-corrected chi connectivity index (χ3v) is 4.06. The zero-order valence-electron chi connectivity index (χ0n) is 9.54. The summed E-state index contributed by atoms with van der Waals surface area (Å²) in [5, 5.41) is 9.40. The van der Waals surface area contributed by atoms with E-state index >= 15 is 0 Å². The van der Waals surface area contributed by atoms with Crippen LogP contribution in [0.1, 0.15) is 38.2 Å². The smallest absolute Gasteiger partial charge is 0.0828 e. The van der Waals surface area contributed by atoms with E-state index in [1.54, 1.807) is 0 Å². The van der Waals surface area contributed by atoms with Crippen molar-refractivity contribution in [3.63, 3.8) is 0 Å². The van der Waals surface area contributed by atoms with E-state index < -0.39 is 0 Å². The molecule has 1 saturated carbocycles. The van der Waals surface area contributed by atoms with Gasteiger partial charge in [-0.2, -0.15) is 5.26 Å². The minimum atomic E-state index is -0.205. The lowest BCUT2D eigenvalue weighted by Crippen LogP contribution is -2.39. The Morgan fingerprint density at radius 3 is 2.81 bits per heavy atom. The van der Waals surface area contributed by atoms with Gasteiger partial charge in [-0.3, -0.25) is 0 Å². The highest BCUT2D eigenvalue weighted by molar-refractivity contribution is 9.10. The standard InChI is InChI=1S/C14H16BrN/c1-2-4-11-8-14(9-11,10-16)12-5-3-6-13(15)7-12/h3,5-7,11H,2,4,8-9H2,1H3. The molecule has 16 heavy (non-hydrogen) atoms. The molecule has 2 rings (SSSR count). The van der Waals surface area contributed by atoms with Crippen molar-refractivity contribution >= 4 is 15.9 Å². The molecule has 0 heterocycles. The van der Waals surface area contributed by atoms with E-state index in [4.69, 9.17) is 0 Å². The number of hydrogen-bond donors (Lipinski definition) is 0. The number of benzene rings is 1. The molecular weight excluding hydrogens is 262 g/mol. The van der Waals surface area contributed by atoms with Crippen LogP contribution in [0.2, 0.25) is 0 Å². The fourth-order valence-electron chi connectivity index (χ4n) is 2.72. The van der Waals surface area contributed by atoms with Crippen LogP contribution >= 0.6 is 15.9 Å². The lowest BCUT2D eigenvalue weighted by molar-refractivity contribution is 0.184. The second kappa shape index (κ2) is 4.59. The van der Waals surface area contributed by atoms with Crippen LogP contribution in [0.15, 0.2) is 28.7 Å². The summed E-state index contributed by atoms with van der Waals surface area (Å²) in [6.45, 7) is 2.21. The fourth-order valence-corrected chi connectivity index (χ4v) is 3.12. The van der Waals surface area contributed by atoms with E-state index in [0.29, 0.717) is 0 Å². The first kappa shape index (κ1) is 11.7. The van der Waals surface area contributed by atoms with Gasteiger partial charge in [0, 0.05) is 4.47 Å². The Morgan fingerprint density at radius 2 is 2.25 bits per heavy atom. The largest absolute Gasteiger partial charge is 0.197 e. The number of halogens is 1. The fraction of sp³-hybridized carbons (Fsp3) is 0.500. The van der Waals surface area contributed by atoms with Crippen LogP contribution in [-0.2, 0) is 5.41 Å². The third-order valence-electron chi connectivity index (χ3n) is 3.56. The van der Waals surface area contributed by atoms with Crippen LogP contribution in [0.25, 0.3) is 0 Å². The van der Waals surface area contributed by atoms with Gasteiger partial charge in [0.05, 0.1) is 11.5 Å². The zero-order chi connectivity index (χ0) is 11.6. The average Bonchev–Trinajstić information content (AvgIpc) is 2.23. The topological polar surface area (TPSA) is 23.8 Å². The molecule has 0 N–H and O–H groups in total. The molecule has 2 heteroatoms. The van der Waals surface area contributed by atoms with E-state index in [2.05, 4.69) is 41.1 Å². The maximum atomic E-state index is 9.40. The Bertz CT molecular complexity index is 413. The molecule has 0 amide bonds. The van der Waals surface area contributed by atoms with Gasteiger partial charge in [0.15, 0.2) is 0 Å². The maximum Gasteiger partial charge on any atom is 0.0828 e. The number of nitrogens with zero attached hydrogens (tertiary/aromatic N) is 1. The minimum absolute atomic E-state index is 0.205. The summed E-state index contributed by atoms with van der Waals surface area (Å²) in [4.78, 5) is 0. The zero-order valence-corrected chi connectivity index (χ0v) is 11.1. The van der Waals surface area contributed by atoms with Crippen molar-refractivity contribution in [3.05, 3.63) is 34.3 Å². The Morgan fingerprint density at radius 1 is 1.50 bits per heavy atom. The molecule has 0 bridgehead atoms. The summed E-state index contributed by atoms with van der Waals surface area (Å²) < 4.78 is 1.07. The molecular formula is C14H16BrN. The van der Waals surface area contributed by atoms with E-state index in [9.17, 15) is 5.26 Å². The van der Waals surface area contributed by atoms with Crippen LogP contribution in [0.5, 0.6) is 0 Å². The van der Waals surface area contributed by atoms with Crippen LogP contribution in [0, 0.1) is 17.2 Å². The maximum absolute atomic E-state index is 9.40. The van der Waals surface area contributed by atoms with Crippen LogP contribution in [0.3, 0.4) is 0 Å². The molecule has 1 aliphatic rings. The molecule has 1 aromatic carbocycles. The van der Waals surface area contributed by atoms with E-state index in [1.165, 1.54) is 18.4 Å². The van der Waals surface area contributed by atoms with Crippen molar-refractivity contribution in [2.45, 2.75) is 38.0 Å². The highest BCUT2D eigenvalue weighted by atomic mass is 79.9. The molecule has 0 aromatic heterocycles. The molecule has 0 unspecified atom stereocenters. The van der Waals surface area contributed by atoms with Gasteiger partial charge in [0.2, 0.25) is 0 Å². The molecule has 1 aromatic rings. The van der Waals surface area contributed by atoms with Crippen LogP contribution in [-0.4, -0.2) is 0 Å². The molecule has 0 aliphatic heterocycles. The molecule has 0 radical (unpaired) electrons. The predicted molar refractivity (Wildman–Crippen MR) is 69.1 cm³/mol. The first-order valence-electron chi connectivity index (χ1n) is 5.87. The summed E-state index contributed by atoms with van der Waals surface area (Å²) >= 11 is 3.47. The van der Waals surface area contributed by atoms with Gasteiger partial charge in [-0.05, 0) is 36.5 Å². The van der Waals surface area contributed by atoms with Gasteiger partial charge in [0.1, 0.15) is 0 Å². The number of nitriles is 1. The summed E-state index contributed by atoms with van der Waals surface area (Å²) in [5.74, 6) is 0.753. The predicted octanol–water partition coefficient (Wildman–Crippen LogP) is 4.42. The van der Waals surface area contributed by atoms with Crippen LogP contribution < -0.4 is 0 Å². The van der Waals surface area contributed by atoms with E-state index in [1.807, 2.05) is 12.1 Å². The Labute approximate surface area is 106 Å². The highest BCUT2D eigenvalue weighted by Crippen LogP contribution is 2.49. The Balaban J connectivity index is 2.17. The molecule has 1 aliphatic carbocycles. The highest BCUT2D eigenvalue weighted by Gasteiger charge is 2.45. The molecule has 0 spiro atoms. The van der Waals surface area contributed by atoms with Gasteiger partial charge in [0.25, 0.3) is 0 Å². The quantitative estimate of drug-likeness (QED) is 0.802. The monoisotopic (exact) mass is 277 g/mol. The summed E-state index contributed by atoms with van der Waals surface area (Å²) in [6.07, 6.45) is 4.56.